The highest BCUT2D eigenvalue weighted by molar-refractivity contribution is 4.92. The van der Waals surface area contributed by atoms with E-state index in [4.69, 9.17) is 16.2 Å². The van der Waals surface area contributed by atoms with E-state index in [2.05, 4.69) is 0 Å². The highest BCUT2D eigenvalue weighted by Gasteiger charge is 2.39. The van der Waals surface area contributed by atoms with Gasteiger partial charge in [0, 0.05) is 0 Å². The smallest absolute Gasteiger partial charge is 0.108 e. The van der Waals surface area contributed by atoms with Crippen molar-refractivity contribution >= 4 is 0 Å². The Balaban J connectivity index is 2.59. The van der Waals surface area contributed by atoms with Gasteiger partial charge in [0.1, 0.15) is 6.10 Å². The van der Waals surface area contributed by atoms with E-state index in [1.54, 1.807) is 6.92 Å². The van der Waals surface area contributed by atoms with E-state index in [1.807, 2.05) is 0 Å². The van der Waals surface area contributed by atoms with Gasteiger partial charge in [-0.3, -0.25) is 0 Å². The molecule has 13 heavy (non-hydrogen) atoms. The Morgan fingerprint density at radius 2 is 1.92 bits per heavy atom. The van der Waals surface area contributed by atoms with Gasteiger partial charge in [0.15, 0.2) is 0 Å². The third-order valence-electron chi connectivity index (χ3n) is 2.51. The Bertz CT molecular complexity index is 167. The van der Waals surface area contributed by atoms with Crippen molar-refractivity contribution in [3.63, 3.8) is 0 Å². The van der Waals surface area contributed by atoms with Crippen molar-refractivity contribution in [2.75, 3.05) is 6.54 Å². The summed E-state index contributed by atoms with van der Waals surface area (Å²) in [6, 6.07) is -0.524. The van der Waals surface area contributed by atoms with Gasteiger partial charge in [-0.15, -0.1) is 0 Å². The first kappa shape index (κ1) is 10.9. The van der Waals surface area contributed by atoms with E-state index < -0.39 is 24.4 Å². The number of hydrogen-bond donors (Lipinski definition) is 4. The lowest BCUT2D eigenvalue weighted by Crippen LogP contribution is -2.60. The molecular formula is C8H18N2O3. The Morgan fingerprint density at radius 1 is 1.31 bits per heavy atom. The monoisotopic (exact) mass is 190 g/mol. The summed E-state index contributed by atoms with van der Waals surface area (Å²) in [6.07, 6.45) is -1.94. The molecule has 0 amide bonds. The maximum Gasteiger partial charge on any atom is 0.108 e. The molecule has 6 N–H and O–H groups in total. The first-order valence-corrected chi connectivity index (χ1v) is 4.55. The Kier molecular flexibility index (Phi) is 3.63. The van der Waals surface area contributed by atoms with Crippen molar-refractivity contribution in [1.82, 2.24) is 0 Å². The molecule has 5 nitrogen and oxygen atoms in total. The zero-order valence-corrected chi connectivity index (χ0v) is 7.76. The molecule has 78 valence electrons. The van der Waals surface area contributed by atoms with Crippen molar-refractivity contribution in [3.05, 3.63) is 0 Å². The van der Waals surface area contributed by atoms with Gasteiger partial charge in [-0.2, -0.15) is 0 Å². The predicted molar refractivity (Wildman–Crippen MR) is 48.0 cm³/mol. The summed E-state index contributed by atoms with van der Waals surface area (Å²) in [7, 11) is 0. The van der Waals surface area contributed by atoms with Crippen LogP contribution in [0.1, 0.15) is 13.3 Å². The second-order valence-corrected chi connectivity index (χ2v) is 3.52. The molecule has 0 saturated carbocycles. The summed E-state index contributed by atoms with van der Waals surface area (Å²) in [5, 5.41) is 19.1. The number of aliphatic hydroxyl groups is 2. The Morgan fingerprint density at radius 3 is 2.46 bits per heavy atom. The molecular weight excluding hydrogens is 172 g/mol. The van der Waals surface area contributed by atoms with Crippen molar-refractivity contribution in [3.8, 4) is 0 Å². The Hall–Kier alpha value is -0.200. The molecule has 5 unspecified atom stereocenters. The average Bonchev–Trinajstić information content (AvgIpc) is 2.11. The largest absolute Gasteiger partial charge is 0.389 e. The number of aliphatic hydroxyl groups excluding tert-OH is 2. The van der Waals surface area contributed by atoms with Gasteiger partial charge >= 0.3 is 0 Å². The predicted octanol–water partition coefficient (Wildman–Crippen LogP) is -1.83. The highest BCUT2D eigenvalue weighted by Crippen LogP contribution is 2.21. The SMILES string of the molecule is CC1OC(CCN)C(O)C(O)C1N. The zero-order chi connectivity index (χ0) is 10.0. The zero-order valence-electron chi connectivity index (χ0n) is 7.76. The second-order valence-electron chi connectivity index (χ2n) is 3.52. The van der Waals surface area contributed by atoms with Crippen LogP contribution in [0, 0.1) is 0 Å². The van der Waals surface area contributed by atoms with E-state index in [-0.39, 0.29) is 6.10 Å². The maximum atomic E-state index is 9.55. The number of rotatable bonds is 2. The summed E-state index contributed by atoms with van der Waals surface area (Å²) < 4.78 is 5.41. The molecule has 1 aliphatic heterocycles. The van der Waals surface area contributed by atoms with Crippen LogP contribution in [-0.4, -0.2) is 47.2 Å². The minimum atomic E-state index is -0.922. The summed E-state index contributed by atoms with van der Waals surface area (Å²) in [5.41, 5.74) is 10.9. The van der Waals surface area contributed by atoms with Crippen molar-refractivity contribution in [2.24, 2.45) is 11.5 Å². The van der Waals surface area contributed by atoms with Crippen LogP contribution in [0.3, 0.4) is 0 Å². The lowest BCUT2D eigenvalue weighted by Gasteiger charge is -2.40. The summed E-state index contributed by atoms with van der Waals surface area (Å²) >= 11 is 0. The molecule has 1 rings (SSSR count). The lowest BCUT2D eigenvalue weighted by atomic mass is 9.93. The summed E-state index contributed by atoms with van der Waals surface area (Å²) in [6.45, 7) is 2.21. The molecule has 5 atom stereocenters. The lowest BCUT2D eigenvalue weighted by molar-refractivity contribution is -0.174. The molecule has 1 fully saturated rings. The standard InChI is InChI=1S/C8H18N2O3/c1-4-6(10)8(12)7(11)5(13-4)2-3-9/h4-8,11-12H,2-3,9-10H2,1H3. The molecule has 0 spiro atoms. The van der Waals surface area contributed by atoms with Crippen LogP contribution < -0.4 is 11.5 Å². The molecule has 0 aromatic carbocycles. The fourth-order valence-electron chi connectivity index (χ4n) is 1.58. The molecule has 1 aliphatic rings. The quantitative estimate of drug-likeness (QED) is 0.410. The highest BCUT2D eigenvalue weighted by atomic mass is 16.5. The van der Waals surface area contributed by atoms with Gasteiger partial charge in [0.05, 0.1) is 24.4 Å². The van der Waals surface area contributed by atoms with Crippen LogP contribution in [0.15, 0.2) is 0 Å². The van der Waals surface area contributed by atoms with Crippen LogP contribution >= 0.6 is 0 Å². The Labute approximate surface area is 77.7 Å². The van der Waals surface area contributed by atoms with Gasteiger partial charge in [-0.25, -0.2) is 0 Å². The second kappa shape index (κ2) is 4.34. The minimum Gasteiger partial charge on any atom is -0.389 e. The fraction of sp³-hybridized carbons (Fsp3) is 1.00. The number of hydrogen-bond acceptors (Lipinski definition) is 5. The maximum absolute atomic E-state index is 9.55. The fourth-order valence-corrected chi connectivity index (χ4v) is 1.58. The summed E-state index contributed by atoms with van der Waals surface area (Å²) in [4.78, 5) is 0. The molecule has 5 heteroatoms. The van der Waals surface area contributed by atoms with Gasteiger partial charge < -0.3 is 26.4 Å². The molecule has 0 radical (unpaired) electrons. The van der Waals surface area contributed by atoms with E-state index in [0.29, 0.717) is 13.0 Å². The molecule has 0 aromatic heterocycles. The average molecular weight is 190 g/mol. The molecule has 1 heterocycles. The number of ether oxygens (including phenoxy) is 1. The molecule has 0 aliphatic carbocycles. The van der Waals surface area contributed by atoms with Gasteiger partial charge in [-0.1, -0.05) is 0 Å². The third kappa shape index (κ3) is 2.18. The normalized spacial score (nSPS) is 46.4. The van der Waals surface area contributed by atoms with Crippen LogP contribution in [-0.2, 0) is 4.74 Å². The van der Waals surface area contributed by atoms with Gasteiger partial charge in [-0.05, 0) is 19.9 Å². The van der Waals surface area contributed by atoms with Crippen molar-refractivity contribution < 1.29 is 14.9 Å². The van der Waals surface area contributed by atoms with E-state index in [0.717, 1.165) is 0 Å². The van der Waals surface area contributed by atoms with Crippen LogP contribution in [0.4, 0.5) is 0 Å². The topological polar surface area (TPSA) is 102 Å². The molecule has 1 saturated heterocycles. The number of nitrogens with two attached hydrogens (primary N) is 2. The van der Waals surface area contributed by atoms with Crippen LogP contribution in [0.2, 0.25) is 0 Å². The first-order chi connectivity index (χ1) is 6.07. The first-order valence-electron chi connectivity index (χ1n) is 4.55. The van der Waals surface area contributed by atoms with Crippen molar-refractivity contribution in [1.29, 1.82) is 0 Å². The van der Waals surface area contributed by atoms with Crippen LogP contribution in [0.5, 0.6) is 0 Å². The van der Waals surface area contributed by atoms with E-state index in [9.17, 15) is 10.2 Å². The van der Waals surface area contributed by atoms with Crippen molar-refractivity contribution in [2.45, 2.75) is 43.8 Å². The molecule has 0 aromatic rings. The van der Waals surface area contributed by atoms with E-state index in [1.165, 1.54) is 0 Å². The minimum absolute atomic E-state index is 0.241. The third-order valence-corrected chi connectivity index (χ3v) is 2.51. The molecule has 0 bridgehead atoms. The summed E-state index contributed by atoms with van der Waals surface area (Å²) in [5.74, 6) is 0. The van der Waals surface area contributed by atoms with Gasteiger partial charge in [0.25, 0.3) is 0 Å². The van der Waals surface area contributed by atoms with E-state index >= 15 is 0 Å². The van der Waals surface area contributed by atoms with Crippen LogP contribution in [0.25, 0.3) is 0 Å². The van der Waals surface area contributed by atoms with Gasteiger partial charge in [0.2, 0.25) is 0 Å².